The minimum Gasteiger partial charge on any atom is -0.441 e. The molecule has 4 heterocycles. The average Bonchev–Trinajstić information content (AvgIpc) is 3.59. The van der Waals surface area contributed by atoms with E-state index in [2.05, 4.69) is 92.9 Å². The second kappa shape index (κ2) is 10.1. The molecule has 0 fully saturated rings. The van der Waals surface area contributed by atoms with Gasteiger partial charge in [0.15, 0.2) is 0 Å². The molecule has 0 atom stereocenters. The fourth-order valence-corrected chi connectivity index (χ4v) is 6.88. The van der Waals surface area contributed by atoms with Crippen LogP contribution in [0.3, 0.4) is 0 Å². The van der Waals surface area contributed by atoms with Gasteiger partial charge >= 0.3 is 0 Å². The van der Waals surface area contributed by atoms with Crippen molar-refractivity contribution in [1.29, 1.82) is 0 Å². The quantitative estimate of drug-likeness (QED) is 0.165. The topological polar surface area (TPSA) is 70.1 Å². The van der Waals surface area contributed by atoms with Crippen LogP contribution in [0.1, 0.15) is 77.1 Å². The molecule has 7 heteroatoms. The first-order valence-electron chi connectivity index (χ1n) is 13.9. The Morgan fingerprint density at radius 3 is 2.37 bits per heavy atom. The molecule has 0 aliphatic heterocycles. The van der Waals surface area contributed by atoms with E-state index in [1.807, 2.05) is 30.6 Å². The van der Waals surface area contributed by atoms with Crippen molar-refractivity contribution in [3.63, 3.8) is 0 Å². The number of hydrogen-bond acceptors (Lipinski definition) is 4. The molecule has 0 unspecified atom stereocenters. The maximum Gasteiger partial charge on any atom is 0.0821 e. The number of imidazole rings is 2. The number of nitrogens with zero attached hydrogens (tertiary/aromatic N) is 6. The normalized spacial score (nSPS) is 15.4. The molecule has 0 bridgehead atoms. The Balaban J connectivity index is 0.000000236. The van der Waals surface area contributed by atoms with Crippen LogP contribution in [0.15, 0.2) is 61.3 Å². The molecular weight excluding hydrogens is 685 g/mol. The molecule has 41 heavy (non-hydrogen) atoms. The molecule has 1 aliphatic rings. The maximum absolute atomic E-state index is 5.11. The van der Waals surface area contributed by atoms with Crippen LogP contribution >= 0.6 is 0 Å². The number of benzene rings is 2. The van der Waals surface area contributed by atoms with Crippen molar-refractivity contribution in [3.8, 4) is 11.5 Å². The summed E-state index contributed by atoms with van der Waals surface area (Å²) >= 11 is 0. The first-order chi connectivity index (χ1) is 18.9. The third kappa shape index (κ3) is 4.89. The molecule has 0 saturated carbocycles. The van der Waals surface area contributed by atoms with E-state index in [1.165, 1.54) is 27.8 Å². The molecule has 0 N–H and O–H groups in total. The Hall–Kier alpha value is -3.41. The number of rotatable bonds is 1. The van der Waals surface area contributed by atoms with Gasteiger partial charge in [0.1, 0.15) is 0 Å². The van der Waals surface area contributed by atoms with Gasteiger partial charge in [0.25, 0.3) is 0 Å². The average molecular weight is 721 g/mol. The van der Waals surface area contributed by atoms with Crippen molar-refractivity contribution in [3.05, 3.63) is 89.6 Å². The van der Waals surface area contributed by atoms with E-state index in [0.29, 0.717) is 5.82 Å². The number of pyridine rings is 1. The van der Waals surface area contributed by atoms with Crippen molar-refractivity contribution in [2.75, 3.05) is 0 Å². The summed E-state index contributed by atoms with van der Waals surface area (Å²) in [5.74, 6) is 0.686. The molecule has 7 rings (SSSR count). The molecule has 0 saturated heterocycles. The van der Waals surface area contributed by atoms with Gasteiger partial charge < -0.3 is 14.4 Å². The van der Waals surface area contributed by atoms with Gasteiger partial charge in [-0.2, -0.15) is 0 Å². The molecule has 1 radical (unpaired) electrons. The maximum atomic E-state index is 5.11. The number of aromatic nitrogens is 6. The smallest absolute Gasteiger partial charge is 0.0821 e. The monoisotopic (exact) mass is 721 g/mol. The van der Waals surface area contributed by atoms with Gasteiger partial charge in [-0.1, -0.05) is 77.9 Å². The van der Waals surface area contributed by atoms with Crippen LogP contribution in [0.2, 0.25) is 0 Å². The standard InChI is InChI=1S/C26H30N3.C8H6N3.Ir/c1-15-12-18-22(20-19(15)25(5,6)13-26(20,7)8)29-14-27-21-16(23(29)28-18)10-9-11-17(21)24(2,3)4;1-2-4-9-7(3-1)8-10-5-6-11-8;/h9,11-12,14H,13H2,1-8H3;1-6H;/q2*-1;. The Labute approximate surface area is 255 Å². The predicted octanol–water partition coefficient (Wildman–Crippen LogP) is 7.50. The zero-order chi connectivity index (χ0) is 28.4. The van der Waals surface area contributed by atoms with Gasteiger partial charge in [-0.05, 0) is 75.8 Å². The minimum absolute atomic E-state index is 0. The van der Waals surface area contributed by atoms with Gasteiger partial charge in [-0.15, -0.1) is 18.2 Å². The second-order valence-corrected chi connectivity index (χ2v) is 13.3. The van der Waals surface area contributed by atoms with E-state index in [1.54, 1.807) is 18.6 Å². The van der Waals surface area contributed by atoms with Crippen LogP contribution in [-0.2, 0) is 36.4 Å². The van der Waals surface area contributed by atoms with Gasteiger partial charge in [0.2, 0.25) is 0 Å². The van der Waals surface area contributed by atoms with E-state index in [-0.39, 0.29) is 36.4 Å². The number of aryl methyl sites for hydroxylation is 1. The fraction of sp³-hybridized carbons (Fsp3) is 0.353. The zero-order valence-electron chi connectivity index (χ0n) is 25.0. The zero-order valence-corrected chi connectivity index (χ0v) is 27.4. The van der Waals surface area contributed by atoms with Crippen LogP contribution in [0.25, 0.3) is 39.1 Å². The van der Waals surface area contributed by atoms with Crippen LogP contribution in [0.5, 0.6) is 0 Å². The Bertz CT molecular complexity index is 1860. The summed E-state index contributed by atoms with van der Waals surface area (Å²) in [6.07, 6.45) is 8.16. The molecule has 6 aromatic rings. The van der Waals surface area contributed by atoms with Crippen LogP contribution < -0.4 is 4.98 Å². The Morgan fingerprint density at radius 2 is 1.71 bits per heavy atom. The van der Waals surface area contributed by atoms with E-state index in [4.69, 9.17) is 9.97 Å². The summed E-state index contributed by atoms with van der Waals surface area (Å²) in [6, 6.07) is 15.5. The van der Waals surface area contributed by atoms with Crippen LogP contribution in [0, 0.1) is 13.0 Å². The summed E-state index contributed by atoms with van der Waals surface area (Å²) in [6.45, 7) is 18.4. The van der Waals surface area contributed by atoms with Crippen molar-refractivity contribution < 1.29 is 20.1 Å². The van der Waals surface area contributed by atoms with Gasteiger partial charge in [-0.25, -0.2) is 0 Å². The molecule has 213 valence electrons. The first kappa shape index (κ1) is 29.1. The van der Waals surface area contributed by atoms with Crippen molar-refractivity contribution in [1.82, 2.24) is 29.3 Å². The predicted molar refractivity (Wildman–Crippen MR) is 162 cm³/mol. The van der Waals surface area contributed by atoms with Crippen molar-refractivity contribution in [2.45, 2.75) is 78.1 Å². The number of hydrogen-bond donors (Lipinski definition) is 0. The van der Waals surface area contributed by atoms with Crippen molar-refractivity contribution in [2.24, 2.45) is 0 Å². The van der Waals surface area contributed by atoms with Crippen molar-refractivity contribution >= 4 is 27.6 Å². The second-order valence-electron chi connectivity index (χ2n) is 13.3. The molecule has 0 spiro atoms. The minimum atomic E-state index is 0. The van der Waals surface area contributed by atoms with E-state index < -0.39 is 0 Å². The molecular formula is C34H36IrN6-2. The molecule has 1 aliphatic carbocycles. The summed E-state index contributed by atoms with van der Waals surface area (Å²) in [4.78, 5) is 22.2. The van der Waals surface area contributed by atoms with E-state index >= 15 is 0 Å². The summed E-state index contributed by atoms with van der Waals surface area (Å²) in [5.41, 5.74) is 10.9. The molecule has 6 nitrogen and oxygen atoms in total. The van der Waals surface area contributed by atoms with Crippen LogP contribution in [0.4, 0.5) is 0 Å². The van der Waals surface area contributed by atoms with Crippen LogP contribution in [-0.4, -0.2) is 24.3 Å². The first-order valence-corrected chi connectivity index (χ1v) is 13.9. The van der Waals surface area contributed by atoms with Gasteiger partial charge in [-0.3, -0.25) is 15.0 Å². The summed E-state index contributed by atoms with van der Waals surface area (Å²) < 4.78 is 2.21. The SMILES string of the molecule is Cc1cc2nc3c4[c-]ccc(C(C)(C)C)c4ncn3c2c2c1C(C)(C)CC2(C)C.[Ir].c1ccc(-c2ncc[n-]2)nc1. The molecule has 2 aromatic carbocycles. The third-order valence-electron chi connectivity index (χ3n) is 8.07. The molecule has 4 aromatic heterocycles. The largest absolute Gasteiger partial charge is 0.441 e. The summed E-state index contributed by atoms with van der Waals surface area (Å²) in [5, 5.41) is 1.01. The summed E-state index contributed by atoms with van der Waals surface area (Å²) in [7, 11) is 0. The Morgan fingerprint density at radius 1 is 0.951 bits per heavy atom. The fourth-order valence-electron chi connectivity index (χ4n) is 6.88. The van der Waals surface area contributed by atoms with Gasteiger partial charge in [0.05, 0.1) is 28.7 Å². The third-order valence-corrected chi connectivity index (χ3v) is 8.07. The van der Waals surface area contributed by atoms with E-state index in [0.717, 1.165) is 34.2 Å². The Kier molecular flexibility index (Phi) is 7.20. The number of fused-ring (bicyclic) bond motifs is 7. The van der Waals surface area contributed by atoms with E-state index in [9.17, 15) is 0 Å². The van der Waals surface area contributed by atoms with Gasteiger partial charge in [0, 0.05) is 26.3 Å². The molecule has 0 amide bonds.